The molecule has 82 valence electrons. The number of rotatable bonds is 0. The normalized spacial score (nSPS) is 43.9. The van der Waals surface area contributed by atoms with Crippen molar-refractivity contribution in [1.29, 1.82) is 0 Å². The first kappa shape index (κ1) is 9.63. The van der Waals surface area contributed by atoms with Crippen LogP contribution in [0.5, 0.6) is 0 Å². The van der Waals surface area contributed by atoms with Gasteiger partial charge in [-0.25, -0.2) is 0 Å². The zero-order chi connectivity index (χ0) is 10.6. The fraction of sp³-hybridized carbons (Fsp3) is 0.800. The average Bonchev–Trinajstić information content (AvgIpc) is 2.68. The molecule has 3 rings (SSSR count). The van der Waals surface area contributed by atoms with Gasteiger partial charge in [-0.15, -0.1) is 0 Å². The van der Waals surface area contributed by atoms with Crippen molar-refractivity contribution in [2.45, 2.75) is 36.2 Å². The second kappa shape index (κ2) is 3.20. The summed E-state index contributed by atoms with van der Waals surface area (Å²) in [6.45, 7) is 0.679. The molecule has 5 heteroatoms. The minimum Gasteiger partial charge on any atom is -0.461 e. The fourth-order valence-corrected chi connectivity index (χ4v) is 3.52. The van der Waals surface area contributed by atoms with E-state index in [9.17, 15) is 9.59 Å². The lowest BCUT2D eigenvalue weighted by Crippen LogP contribution is -2.43. The van der Waals surface area contributed by atoms with Gasteiger partial charge in [0.2, 0.25) is 5.91 Å². The number of ether oxygens (including phenoxy) is 1. The number of hydrogen-bond acceptors (Lipinski definition) is 3. The van der Waals surface area contributed by atoms with Crippen LogP contribution in [0, 0.1) is 5.92 Å². The monoisotopic (exact) mass is 273 g/mol. The van der Waals surface area contributed by atoms with Crippen molar-refractivity contribution >= 4 is 27.8 Å². The fourth-order valence-electron chi connectivity index (χ4n) is 2.88. The molecule has 3 aliphatic heterocycles. The summed E-state index contributed by atoms with van der Waals surface area (Å²) in [6.07, 6.45) is 2.12. The van der Waals surface area contributed by atoms with E-state index in [2.05, 4.69) is 15.9 Å². The van der Waals surface area contributed by atoms with Crippen LogP contribution in [0.15, 0.2) is 0 Å². The lowest BCUT2D eigenvalue weighted by molar-refractivity contribution is -0.148. The summed E-state index contributed by atoms with van der Waals surface area (Å²) in [6, 6.07) is 0.0950. The Labute approximate surface area is 96.1 Å². The Balaban J connectivity index is 1.95. The number of nitrogens with zero attached hydrogens (tertiary/aromatic N) is 1. The van der Waals surface area contributed by atoms with E-state index in [0.717, 1.165) is 12.8 Å². The van der Waals surface area contributed by atoms with Gasteiger partial charge < -0.3 is 9.64 Å². The molecule has 3 saturated heterocycles. The van der Waals surface area contributed by atoms with Crippen molar-refractivity contribution in [3.05, 3.63) is 0 Å². The Morgan fingerprint density at radius 1 is 1.40 bits per heavy atom. The summed E-state index contributed by atoms with van der Waals surface area (Å²) in [5.74, 6) is -0.0114. The Morgan fingerprint density at radius 2 is 2.20 bits per heavy atom. The Bertz CT molecular complexity index is 331. The third kappa shape index (κ3) is 1.32. The lowest BCUT2D eigenvalue weighted by atomic mass is 9.95. The van der Waals surface area contributed by atoms with Gasteiger partial charge in [-0.2, -0.15) is 0 Å². The van der Waals surface area contributed by atoms with Gasteiger partial charge in [0.25, 0.3) is 0 Å². The number of alkyl halides is 1. The predicted molar refractivity (Wildman–Crippen MR) is 55.4 cm³/mol. The first-order chi connectivity index (χ1) is 7.16. The van der Waals surface area contributed by atoms with Gasteiger partial charge >= 0.3 is 5.97 Å². The Morgan fingerprint density at radius 3 is 3.00 bits per heavy atom. The van der Waals surface area contributed by atoms with Crippen molar-refractivity contribution in [2.24, 2.45) is 5.92 Å². The van der Waals surface area contributed by atoms with E-state index >= 15 is 0 Å². The number of hydrogen-bond donors (Lipinski definition) is 0. The van der Waals surface area contributed by atoms with Crippen LogP contribution in [-0.2, 0) is 14.3 Å². The molecule has 0 aromatic rings. The maximum absolute atomic E-state index is 11.6. The van der Waals surface area contributed by atoms with Crippen LogP contribution in [0.4, 0.5) is 0 Å². The largest absolute Gasteiger partial charge is 0.461 e. The van der Waals surface area contributed by atoms with E-state index in [4.69, 9.17) is 4.74 Å². The summed E-state index contributed by atoms with van der Waals surface area (Å²) in [7, 11) is 0. The van der Waals surface area contributed by atoms with Gasteiger partial charge in [0, 0.05) is 25.4 Å². The molecule has 0 aromatic heterocycles. The first-order valence-electron chi connectivity index (χ1n) is 5.31. The van der Waals surface area contributed by atoms with Crippen molar-refractivity contribution in [2.75, 3.05) is 6.54 Å². The highest BCUT2D eigenvalue weighted by molar-refractivity contribution is 9.09. The molecular formula is C10H12BrNO3. The van der Waals surface area contributed by atoms with E-state index in [0.29, 0.717) is 13.0 Å². The van der Waals surface area contributed by atoms with E-state index in [1.165, 1.54) is 0 Å². The maximum Gasteiger partial charge on any atom is 0.311 e. The van der Waals surface area contributed by atoms with Crippen LogP contribution in [-0.4, -0.2) is 40.3 Å². The summed E-state index contributed by atoms with van der Waals surface area (Å²) < 4.78 is 5.30. The number of carbonyl (C=O) groups is 2. The number of carbonyl (C=O) groups excluding carboxylic acids is 2. The topological polar surface area (TPSA) is 46.6 Å². The van der Waals surface area contributed by atoms with Crippen LogP contribution >= 0.6 is 15.9 Å². The average molecular weight is 274 g/mol. The Hall–Kier alpha value is -0.580. The molecule has 4 nitrogen and oxygen atoms in total. The minimum atomic E-state index is -0.117. The summed E-state index contributed by atoms with van der Waals surface area (Å²) >= 11 is 3.51. The minimum absolute atomic E-state index is 0.0408. The number of esters is 1. The van der Waals surface area contributed by atoms with Gasteiger partial charge in [-0.3, -0.25) is 9.59 Å². The van der Waals surface area contributed by atoms with Crippen LogP contribution in [0.3, 0.4) is 0 Å². The third-order valence-corrected chi connectivity index (χ3v) is 4.55. The van der Waals surface area contributed by atoms with E-state index < -0.39 is 0 Å². The molecule has 2 bridgehead atoms. The number of halogens is 1. The molecule has 0 saturated carbocycles. The third-order valence-electron chi connectivity index (χ3n) is 3.67. The molecule has 0 aromatic carbocycles. The lowest BCUT2D eigenvalue weighted by Gasteiger charge is -2.28. The van der Waals surface area contributed by atoms with Crippen LogP contribution in [0.2, 0.25) is 0 Å². The van der Waals surface area contributed by atoms with Crippen molar-refractivity contribution < 1.29 is 14.3 Å². The molecule has 0 N–H and O–H groups in total. The smallest absolute Gasteiger partial charge is 0.311 e. The first-order valence-corrected chi connectivity index (χ1v) is 6.22. The molecule has 1 amide bonds. The summed E-state index contributed by atoms with van der Waals surface area (Å²) in [4.78, 5) is 25.2. The van der Waals surface area contributed by atoms with Gasteiger partial charge in [0.1, 0.15) is 6.10 Å². The SMILES string of the molecule is O=C1O[C@@H]2C[C@H]1[C@@H]1CCC(=O)N1C[C@H]2Br. The molecule has 3 fully saturated rings. The standard InChI is InChI=1S/C10H12BrNO3/c11-6-4-12-7(1-2-9(12)13)5-3-8(6)15-10(5)14/h5-8H,1-4H2/t5-,6+,7-,8+/m0/s1. The highest BCUT2D eigenvalue weighted by Crippen LogP contribution is 2.39. The quantitative estimate of drug-likeness (QED) is 0.482. The number of amides is 1. The molecule has 0 radical (unpaired) electrons. The van der Waals surface area contributed by atoms with Gasteiger partial charge in [-0.05, 0) is 6.42 Å². The maximum atomic E-state index is 11.6. The summed E-state index contributed by atoms with van der Waals surface area (Å²) in [5.41, 5.74) is 0. The summed E-state index contributed by atoms with van der Waals surface area (Å²) in [5, 5.41) is 0. The van der Waals surface area contributed by atoms with Crippen LogP contribution in [0.25, 0.3) is 0 Å². The molecular weight excluding hydrogens is 262 g/mol. The molecule has 0 unspecified atom stereocenters. The molecule has 0 aliphatic carbocycles. The van der Waals surface area contributed by atoms with E-state index in [1.54, 1.807) is 0 Å². The Kier molecular flexibility index (Phi) is 2.06. The highest BCUT2D eigenvalue weighted by Gasteiger charge is 2.51. The van der Waals surface area contributed by atoms with Gasteiger partial charge in [-0.1, -0.05) is 15.9 Å². The van der Waals surface area contributed by atoms with Crippen LogP contribution < -0.4 is 0 Å². The highest BCUT2D eigenvalue weighted by atomic mass is 79.9. The molecule has 15 heavy (non-hydrogen) atoms. The zero-order valence-corrected chi connectivity index (χ0v) is 9.77. The van der Waals surface area contributed by atoms with Crippen LogP contribution in [0.1, 0.15) is 19.3 Å². The number of fused-ring (bicyclic) bond motifs is 4. The molecule has 0 spiro atoms. The van der Waals surface area contributed by atoms with E-state index in [1.807, 2.05) is 4.90 Å². The van der Waals surface area contributed by atoms with Gasteiger partial charge in [0.15, 0.2) is 0 Å². The van der Waals surface area contributed by atoms with E-state index in [-0.39, 0.29) is 34.8 Å². The zero-order valence-electron chi connectivity index (χ0n) is 8.19. The molecule has 3 heterocycles. The van der Waals surface area contributed by atoms with Crippen molar-refractivity contribution in [1.82, 2.24) is 4.90 Å². The predicted octanol–water partition coefficient (Wildman–Crippen LogP) is 0.686. The second-order valence-corrected chi connectivity index (χ2v) is 5.66. The molecule has 3 aliphatic rings. The van der Waals surface area contributed by atoms with Gasteiger partial charge in [0.05, 0.1) is 10.7 Å². The molecule has 4 atom stereocenters. The van der Waals surface area contributed by atoms with Crippen molar-refractivity contribution in [3.63, 3.8) is 0 Å². The van der Waals surface area contributed by atoms with Crippen molar-refractivity contribution in [3.8, 4) is 0 Å². The second-order valence-electron chi connectivity index (χ2n) is 4.49.